The van der Waals surface area contributed by atoms with Crippen molar-refractivity contribution in [3.8, 4) is 5.75 Å². The highest BCUT2D eigenvalue weighted by molar-refractivity contribution is 9.10. The molecule has 2 aromatic rings. The number of ether oxygens (including phenoxy) is 1. The third-order valence-corrected chi connectivity index (χ3v) is 3.87. The van der Waals surface area contributed by atoms with E-state index in [9.17, 15) is 0 Å². The van der Waals surface area contributed by atoms with Crippen molar-refractivity contribution < 1.29 is 4.74 Å². The summed E-state index contributed by atoms with van der Waals surface area (Å²) < 4.78 is 6.84. The van der Waals surface area contributed by atoms with Crippen LogP contribution in [0.25, 0.3) is 0 Å². The zero-order valence-electron chi connectivity index (χ0n) is 11.2. The second-order valence-electron chi connectivity index (χ2n) is 4.63. The van der Waals surface area contributed by atoms with Gasteiger partial charge in [0.1, 0.15) is 12.4 Å². The smallest absolute Gasteiger partial charge is 0.134 e. The Balaban J connectivity index is 2.15. The molecule has 3 heteroatoms. The molecule has 2 N–H and O–H groups in total. The van der Waals surface area contributed by atoms with E-state index in [1.165, 1.54) is 16.7 Å². The van der Waals surface area contributed by atoms with Crippen molar-refractivity contribution in [2.75, 3.05) is 0 Å². The summed E-state index contributed by atoms with van der Waals surface area (Å²) >= 11 is 3.52. The van der Waals surface area contributed by atoms with Crippen LogP contribution in [0.2, 0.25) is 0 Å². The van der Waals surface area contributed by atoms with Crippen LogP contribution in [-0.2, 0) is 13.2 Å². The topological polar surface area (TPSA) is 35.2 Å². The van der Waals surface area contributed by atoms with Crippen molar-refractivity contribution in [1.82, 2.24) is 0 Å². The highest BCUT2D eigenvalue weighted by Crippen LogP contribution is 2.27. The maximum Gasteiger partial charge on any atom is 0.134 e. The maximum absolute atomic E-state index is 5.90. The van der Waals surface area contributed by atoms with E-state index in [0.717, 1.165) is 15.8 Å². The molecule has 0 bridgehead atoms. The van der Waals surface area contributed by atoms with Gasteiger partial charge in [-0.05, 0) is 64.2 Å². The Morgan fingerprint density at radius 1 is 1.11 bits per heavy atom. The molecule has 19 heavy (non-hydrogen) atoms. The van der Waals surface area contributed by atoms with Crippen molar-refractivity contribution in [1.29, 1.82) is 0 Å². The SMILES string of the molecule is Cc1cccc(C)c1COc1ccc(CN)cc1Br. The largest absolute Gasteiger partial charge is 0.488 e. The van der Waals surface area contributed by atoms with Crippen LogP contribution in [0.5, 0.6) is 5.75 Å². The predicted molar refractivity (Wildman–Crippen MR) is 82.3 cm³/mol. The standard InChI is InChI=1S/C16H18BrNO/c1-11-4-3-5-12(2)14(11)10-19-16-7-6-13(9-18)8-15(16)17/h3-8H,9-10,18H2,1-2H3. The number of hydrogen-bond acceptors (Lipinski definition) is 2. The van der Waals surface area contributed by atoms with Gasteiger partial charge < -0.3 is 10.5 Å². The predicted octanol–water partition coefficient (Wildman–Crippen LogP) is 4.10. The molecule has 100 valence electrons. The maximum atomic E-state index is 5.90. The monoisotopic (exact) mass is 319 g/mol. The summed E-state index contributed by atoms with van der Waals surface area (Å²) in [5.41, 5.74) is 10.5. The van der Waals surface area contributed by atoms with Crippen molar-refractivity contribution in [3.63, 3.8) is 0 Å². The summed E-state index contributed by atoms with van der Waals surface area (Å²) in [5.74, 6) is 0.847. The second-order valence-corrected chi connectivity index (χ2v) is 5.48. The van der Waals surface area contributed by atoms with Crippen molar-refractivity contribution >= 4 is 15.9 Å². The number of nitrogens with two attached hydrogens (primary N) is 1. The first-order valence-electron chi connectivity index (χ1n) is 6.28. The lowest BCUT2D eigenvalue weighted by molar-refractivity contribution is 0.302. The normalized spacial score (nSPS) is 10.5. The van der Waals surface area contributed by atoms with E-state index in [2.05, 4.69) is 48.0 Å². The van der Waals surface area contributed by atoms with E-state index < -0.39 is 0 Å². The van der Waals surface area contributed by atoms with Crippen molar-refractivity contribution in [2.24, 2.45) is 5.73 Å². The van der Waals surface area contributed by atoms with E-state index >= 15 is 0 Å². The summed E-state index contributed by atoms with van der Waals surface area (Å²) in [6.07, 6.45) is 0. The molecule has 0 spiro atoms. The Bertz CT molecular complexity index is 561. The molecule has 0 unspecified atom stereocenters. The third-order valence-electron chi connectivity index (χ3n) is 3.25. The van der Waals surface area contributed by atoms with E-state index in [1.807, 2.05) is 18.2 Å². The molecule has 0 amide bonds. The molecule has 0 aliphatic carbocycles. The first-order valence-corrected chi connectivity index (χ1v) is 7.07. The van der Waals surface area contributed by atoms with Gasteiger partial charge in [0.2, 0.25) is 0 Å². The number of hydrogen-bond donors (Lipinski definition) is 1. The molecule has 0 aliphatic rings. The average Bonchev–Trinajstić information content (AvgIpc) is 2.39. The van der Waals surface area contributed by atoms with E-state index in [1.54, 1.807) is 0 Å². The van der Waals surface area contributed by atoms with Crippen LogP contribution in [0, 0.1) is 13.8 Å². The van der Waals surface area contributed by atoms with Gasteiger partial charge in [-0.25, -0.2) is 0 Å². The minimum absolute atomic E-state index is 0.537. The lowest BCUT2D eigenvalue weighted by Crippen LogP contribution is -2.02. The number of benzene rings is 2. The average molecular weight is 320 g/mol. The molecule has 0 fully saturated rings. The van der Waals surface area contributed by atoms with Gasteiger partial charge in [0, 0.05) is 6.54 Å². The van der Waals surface area contributed by atoms with E-state index in [0.29, 0.717) is 13.2 Å². The zero-order chi connectivity index (χ0) is 13.8. The molecule has 2 nitrogen and oxygen atoms in total. The number of halogens is 1. The Morgan fingerprint density at radius 3 is 2.37 bits per heavy atom. The van der Waals surface area contributed by atoms with Crippen LogP contribution in [0.15, 0.2) is 40.9 Å². The fraction of sp³-hybridized carbons (Fsp3) is 0.250. The van der Waals surface area contributed by atoms with Gasteiger partial charge in [-0.1, -0.05) is 24.3 Å². The summed E-state index contributed by atoms with van der Waals surface area (Å²) in [6, 6.07) is 12.2. The zero-order valence-corrected chi connectivity index (χ0v) is 12.8. The minimum atomic E-state index is 0.537. The van der Waals surface area contributed by atoms with Gasteiger partial charge in [-0.3, -0.25) is 0 Å². The lowest BCUT2D eigenvalue weighted by Gasteiger charge is -2.13. The molecule has 0 atom stereocenters. The number of aryl methyl sites for hydroxylation is 2. The molecule has 0 aromatic heterocycles. The van der Waals surface area contributed by atoms with Crippen LogP contribution < -0.4 is 10.5 Å². The van der Waals surface area contributed by atoms with Crippen molar-refractivity contribution in [3.05, 3.63) is 63.1 Å². The first-order chi connectivity index (χ1) is 9.11. The fourth-order valence-electron chi connectivity index (χ4n) is 2.01. The van der Waals surface area contributed by atoms with Crippen LogP contribution in [0.3, 0.4) is 0 Å². The molecule has 0 saturated carbocycles. The van der Waals surface area contributed by atoms with E-state index in [4.69, 9.17) is 10.5 Å². The molecular weight excluding hydrogens is 302 g/mol. The lowest BCUT2D eigenvalue weighted by atomic mass is 10.0. The molecular formula is C16H18BrNO. The molecule has 2 aromatic carbocycles. The van der Waals surface area contributed by atoms with Gasteiger partial charge >= 0.3 is 0 Å². The Morgan fingerprint density at radius 2 is 1.79 bits per heavy atom. The summed E-state index contributed by atoms with van der Waals surface area (Å²) in [7, 11) is 0. The summed E-state index contributed by atoms with van der Waals surface area (Å²) in [6.45, 7) is 5.34. The Hall–Kier alpha value is -1.32. The van der Waals surface area contributed by atoms with Crippen LogP contribution >= 0.6 is 15.9 Å². The molecule has 2 rings (SSSR count). The van der Waals surface area contributed by atoms with Crippen LogP contribution in [0.1, 0.15) is 22.3 Å². The molecule has 0 aliphatic heterocycles. The van der Waals surface area contributed by atoms with Gasteiger partial charge in [0.25, 0.3) is 0 Å². The second kappa shape index (κ2) is 6.22. The van der Waals surface area contributed by atoms with Crippen LogP contribution in [-0.4, -0.2) is 0 Å². The van der Waals surface area contributed by atoms with Gasteiger partial charge in [0.05, 0.1) is 4.47 Å². The van der Waals surface area contributed by atoms with Crippen LogP contribution in [0.4, 0.5) is 0 Å². The molecule has 0 heterocycles. The summed E-state index contributed by atoms with van der Waals surface area (Å²) in [5, 5.41) is 0. The van der Waals surface area contributed by atoms with Gasteiger partial charge in [0.15, 0.2) is 0 Å². The highest BCUT2D eigenvalue weighted by atomic mass is 79.9. The van der Waals surface area contributed by atoms with Gasteiger partial charge in [-0.2, -0.15) is 0 Å². The van der Waals surface area contributed by atoms with Crippen molar-refractivity contribution in [2.45, 2.75) is 27.0 Å². The molecule has 0 radical (unpaired) electrons. The third kappa shape index (κ3) is 3.37. The molecule has 0 saturated heterocycles. The minimum Gasteiger partial charge on any atom is -0.488 e. The summed E-state index contributed by atoms with van der Waals surface area (Å²) in [4.78, 5) is 0. The first kappa shape index (κ1) is 14.1. The quantitative estimate of drug-likeness (QED) is 0.920. The number of rotatable bonds is 4. The highest BCUT2D eigenvalue weighted by Gasteiger charge is 2.06. The Kier molecular flexibility index (Phi) is 4.61. The Labute approximate surface area is 122 Å². The van der Waals surface area contributed by atoms with E-state index in [-0.39, 0.29) is 0 Å². The van der Waals surface area contributed by atoms with Gasteiger partial charge in [-0.15, -0.1) is 0 Å². The fourth-order valence-corrected chi connectivity index (χ4v) is 2.56.